The number of aliphatic hydroxyl groups excluding tert-OH is 2. The summed E-state index contributed by atoms with van der Waals surface area (Å²) >= 11 is 0. The van der Waals surface area contributed by atoms with Crippen molar-refractivity contribution in [2.45, 2.75) is 24.0 Å². The van der Waals surface area contributed by atoms with E-state index < -0.39 is 36.7 Å². The number of aliphatic hydroxyl groups is 2. The minimum absolute atomic E-state index is 0.0276. The van der Waals surface area contributed by atoms with Gasteiger partial charge in [0.05, 0.1) is 18.5 Å². The molecule has 116 valence electrons. The summed E-state index contributed by atoms with van der Waals surface area (Å²) < 4.78 is 33.6. The van der Waals surface area contributed by atoms with Gasteiger partial charge >= 0.3 is 6.08 Å². The fourth-order valence-electron chi connectivity index (χ4n) is 2.35. The van der Waals surface area contributed by atoms with Gasteiger partial charge in [-0.15, -0.1) is 5.10 Å². The number of alkyl halides is 1. The molecule has 3 heterocycles. The molecular formula is C11H10F2N6O3. The van der Waals surface area contributed by atoms with Crippen molar-refractivity contribution >= 4 is 11.5 Å². The molecule has 0 saturated carbocycles. The number of rotatable bonds is 2. The Morgan fingerprint density at radius 2 is 2.32 bits per heavy atom. The van der Waals surface area contributed by atoms with Crippen LogP contribution in [0.4, 0.5) is 14.6 Å². The smallest absolute Gasteiger partial charge is 0.328 e. The highest BCUT2D eigenvalue weighted by Crippen LogP contribution is 2.41. The third-order valence-corrected chi connectivity index (χ3v) is 3.51. The Morgan fingerprint density at radius 1 is 1.59 bits per heavy atom. The van der Waals surface area contributed by atoms with E-state index in [-0.39, 0.29) is 17.2 Å². The molecule has 0 unspecified atom stereocenters. The van der Waals surface area contributed by atoms with E-state index in [1.165, 1.54) is 0 Å². The van der Waals surface area contributed by atoms with E-state index in [1.54, 1.807) is 6.07 Å². The molecule has 1 aliphatic rings. The molecule has 11 heteroatoms. The van der Waals surface area contributed by atoms with Crippen LogP contribution in [0.15, 0.2) is 6.20 Å². The second kappa shape index (κ2) is 4.80. The number of ether oxygens (including phenoxy) is 1. The molecule has 0 spiro atoms. The Kier molecular flexibility index (Phi) is 3.17. The first-order chi connectivity index (χ1) is 10.4. The molecule has 1 fully saturated rings. The van der Waals surface area contributed by atoms with Gasteiger partial charge in [-0.05, 0) is 0 Å². The maximum absolute atomic E-state index is 14.3. The molecule has 0 bridgehead atoms. The minimum atomic E-state index is -2.12. The summed E-state index contributed by atoms with van der Waals surface area (Å²) in [6.07, 6.45) is -5.46. The van der Waals surface area contributed by atoms with Crippen LogP contribution in [0.2, 0.25) is 0 Å². The highest BCUT2D eigenvalue weighted by molar-refractivity contribution is 5.59. The Bertz CT molecular complexity index is 777. The van der Waals surface area contributed by atoms with E-state index >= 15 is 0 Å². The zero-order valence-corrected chi connectivity index (χ0v) is 10.9. The molecule has 0 radical (unpaired) electrons. The van der Waals surface area contributed by atoms with Crippen molar-refractivity contribution in [3.05, 3.63) is 18.0 Å². The van der Waals surface area contributed by atoms with Crippen LogP contribution in [0, 0.1) is 17.4 Å². The fraction of sp³-hybridized carbons (Fsp3) is 0.455. The number of aromatic nitrogens is 4. The lowest BCUT2D eigenvalue weighted by molar-refractivity contribution is -0.0746. The topological polar surface area (TPSA) is 143 Å². The molecule has 0 amide bonds. The minimum Gasteiger partial charge on any atom is -0.392 e. The highest BCUT2D eigenvalue weighted by Gasteiger charge is 2.57. The number of halogens is 2. The third kappa shape index (κ3) is 1.82. The van der Waals surface area contributed by atoms with Crippen molar-refractivity contribution in [1.82, 2.24) is 19.6 Å². The number of nitrogens with zero attached hydrogens (tertiary/aromatic N) is 5. The van der Waals surface area contributed by atoms with Crippen LogP contribution < -0.4 is 5.73 Å². The summed E-state index contributed by atoms with van der Waals surface area (Å²) in [6, 6.07) is 1.55. The maximum Gasteiger partial charge on any atom is 0.328 e. The standard InChI is InChI=1S/C11H10F2N6O3/c12-5-6(22-11(2-14,3-20)7(5)21)4-1-16-9-8(15)17-10(13)18-19(4)9/h1,5-7,20-21H,3H2,(H2,15,17,18)/t5-,6-,7-,11+/m0/s1. The second-order valence-corrected chi connectivity index (χ2v) is 4.77. The van der Waals surface area contributed by atoms with Gasteiger partial charge in [-0.2, -0.15) is 14.6 Å². The van der Waals surface area contributed by atoms with Gasteiger partial charge < -0.3 is 20.7 Å². The van der Waals surface area contributed by atoms with Crippen molar-refractivity contribution in [1.29, 1.82) is 5.26 Å². The molecule has 4 N–H and O–H groups in total. The van der Waals surface area contributed by atoms with Crippen molar-refractivity contribution in [3.63, 3.8) is 0 Å². The van der Waals surface area contributed by atoms with E-state index in [0.29, 0.717) is 0 Å². The molecule has 0 aliphatic carbocycles. The van der Waals surface area contributed by atoms with Crippen LogP contribution in [0.5, 0.6) is 0 Å². The Hall–Kier alpha value is -2.42. The summed E-state index contributed by atoms with van der Waals surface area (Å²) in [4.78, 5) is 7.11. The van der Waals surface area contributed by atoms with Crippen molar-refractivity contribution < 1.29 is 23.7 Å². The van der Waals surface area contributed by atoms with E-state index in [1.807, 2.05) is 0 Å². The van der Waals surface area contributed by atoms with Crippen LogP contribution in [-0.2, 0) is 4.74 Å². The number of nitriles is 1. The van der Waals surface area contributed by atoms with Gasteiger partial charge in [-0.3, -0.25) is 0 Å². The summed E-state index contributed by atoms with van der Waals surface area (Å²) in [5.74, 6) is -0.263. The van der Waals surface area contributed by atoms with Gasteiger partial charge in [-0.25, -0.2) is 13.9 Å². The first-order valence-corrected chi connectivity index (χ1v) is 6.12. The first kappa shape index (κ1) is 14.5. The number of hydrogen-bond donors (Lipinski definition) is 3. The van der Waals surface area contributed by atoms with Gasteiger partial charge in [0.2, 0.25) is 5.60 Å². The van der Waals surface area contributed by atoms with Crippen molar-refractivity contribution in [3.8, 4) is 6.07 Å². The fourth-order valence-corrected chi connectivity index (χ4v) is 2.35. The van der Waals surface area contributed by atoms with E-state index in [2.05, 4.69) is 15.1 Å². The van der Waals surface area contributed by atoms with Gasteiger partial charge in [0.1, 0.15) is 18.3 Å². The molecule has 2 aromatic rings. The lowest BCUT2D eigenvalue weighted by atomic mass is 9.97. The van der Waals surface area contributed by atoms with E-state index in [0.717, 1.165) is 10.7 Å². The number of imidazole rings is 1. The average Bonchev–Trinajstić information content (AvgIpc) is 3.01. The molecule has 22 heavy (non-hydrogen) atoms. The van der Waals surface area contributed by atoms with Gasteiger partial charge in [0.25, 0.3) is 0 Å². The monoisotopic (exact) mass is 312 g/mol. The zero-order chi connectivity index (χ0) is 16.1. The lowest BCUT2D eigenvalue weighted by Gasteiger charge is -2.20. The summed E-state index contributed by atoms with van der Waals surface area (Å²) in [5.41, 5.74) is 3.27. The Morgan fingerprint density at radius 3 is 2.91 bits per heavy atom. The third-order valence-electron chi connectivity index (χ3n) is 3.51. The van der Waals surface area contributed by atoms with Crippen LogP contribution in [0.3, 0.4) is 0 Å². The van der Waals surface area contributed by atoms with Crippen LogP contribution >= 0.6 is 0 Å². The lowest BCUT2D eigenvalue weighted by Crippen LogP contribution is -2.44. The normalized spacial score (nSPS) is 31.5. The highest BCUT2D eigenvalue weighted by atomic mass is 19.1. The number of nitrogen functional groups attached to an aromatic ring is 1. The van der Waals surface area contributed by atoms with E-state index in [9.17, 15) is 19.0 Å². The quantitative estimate of drug-likeness (QED) is 0.632. The Balaban J connectivity index is 2.11. The second-order valence-electron chi connectivity index (χ2n) is 4.77. The van der Waals surface area contributed by atoms with E-state index in [4.69, 9.17) is 15.7 Å². The molecular weight excluding hydrogens is 302 g/mol. The van der Waals surface area contributed by atoms with Crippen molar-refractivity contribution in [2.75, 3.05) is 12.3 Å². The largest absolute Gasteiger partial charge is 0.392 e. The van der Waals surface area contributed by atoms with Crippen LogP contribution in [0.25, 0.3) is 5.65 Å². The molecule has 1 aliphatic heterocycles. The van der Waals surface area contributed by atoms with Crippen LogP contribution in [0.1, 0.15) is 11.8 Å². The number of nitrogens with two attached hydrogens (primary N) is 1. The van der Waals surface area contributed by atoms with Crippen LogP contribution in [-0.4, -0.2) is 54.3 Å². The summed E-state index contributed by atoms with van der Waals surface area (Å²) in [7, 11) is 0. The first-order valence-electron chi connectivity index (χ1n) is 6.12. The number of fused-ring (bicyclic) bond motifs is 1. The predicted octanol–water partition coefficient (Wildman–Crippen LogP) is -1.13. The van der Waals surface area contributed by atoms with Gasteiger partial charge in [0, 0.05) is 0 Å². The molecule has 0 aromatic carbocycles. The SMILES string of the molecule is N#C[C@]1(CO)O[C@@H](c2cnc3c(N)nc(F)nn23)[C@H](F)[C@@H]1O. The molecule has 4 atom stereocenters. The van der Waals surface area contributed by atoms with Gasteiger partial charge in [-0.1, -0.05) is 0 Å². The summed E-state index contributed by atoms with van der Waals surface area (Å²) in [5, 5.41) is 31.5. The average molecular weight is 312 g/mol. The molecule has 1 saturated heterocycles. The maximum atomic E-state index is 14.3. The summed E-state index contributed by atoms with van der Waals surface area (Å²) in [6.45, 7) is -0.913. The number of anilines is 1. The zero-order valence-electron chi connectivity index (χ0n) is 10.9. The Labute approximate surface area is 121 Å². The predicted molar refractivity (Wildman–Crippen MR) is 65.3 cm³/mol. The molecule has 2 aromatic heterocycles. The van der Waals surface area contributed by atoms with Gasteiger partial charge in [0.15, 0.2) is 17.6 Å². The molecule has 3 rings (SSSR count). The number of hydrogen-bond acceptors (Lipinski definition) is 8. The van der Waals surface area contributed by atoms with Crippen molar-refractivity contribution in [2.24, 2.45) is 0 Å². The molecule has 9 nitrogen and oxygen atoms in total.